The van der Waals surface area contributed by atoms with Gasteiger partial charge in [0.2, 0.25) is 5.90 Å². The molecule has 1 unspecified atom stereocenters. The Hall–Kier alpha value is -1.39. The Kier molecular flexibility index (Phi) is 2.25. The molecule has 0 saturated heterocycles. The number of hydrogen-bond donors (Lipinski definition) is 2. The number of benzene rings is 1. The molecule has 0 radical (unpaired) electrons. The highest BCUT2D eigenvalue weighted by Gasteiger charge is 2.18. The van der Waals surface area contributed by atoms with Gasteiger partial charge in [-0.05, 0) is 12.1 Å². The maximum absolute atomic E-state index is 8.59. The van der Waals surface area contributed by atoms with E-state index < -0.39 is 0 Å². The van der Waals surface area contributed by atoms with Gasteiger partial charge in [0.1, 0.15) is 6.61 Å². The van der Waals surface area contributed by atoms with E-state index in [0.29, 0.717) is 12.5 Å². The molecule has 1 aliphatic heterocycles. The van der Waals surface area contributed by atoms with E-state index in [-0.39, 0.29) is 6.17 Å². The van der Waals surface area contributed by atoms with Crippen molar-refractivity contribution >= 4 is 5.90 Å². The summed E-state index contributed by atoms with van der Waals surface area (Å²) in [6.45, 7) is 0.376. The lowest BCUT2D eigenvalue weighted by Crippen LogP contribution is -2.24. The van der Waals surface area contributed by atoms with E-state index in [2.05, 4.69) is 10.5 Å². The topological polar surface area (TPSA) is 53.8 Å². The van der Waals surface area contributed by atoms with Crippen LogP contribution in [0.3, 0.4) is 0 Å². The molecule has 0 spiro atoms. The van der Waals surface area contributed by atoms with Crippen molar-refractivity contribution in [3.05, 3.63) is 35.9 Å². The molecule has 1 heterocycles. The van der Waals surface area contributed by atoms with Gasteiger partial charge in [-0.3, -0.25) is 0 Å². The average molecular weight is 178 g/mol. The Labute approximate surface area is 75.8 Å². The summed E-state index contributed by atoms with van der Waals surface area (Å²) >= 11 is 0. The number of nitrogens with zero attached hydrogens (tertiary/aromatic N) is 1. The minimum atomic E-state index is -0.338. The second-order valence-corrected chi connectivity index (χ2v) is 2.76. The normalized spacial score (nSPS) is 21.0. The summed E-state index contributed by atoms with van der Waals surface area (Å²) in [5.41, 5.74) is 2.98. The highest BCUT2D eigenvalue weighted by molar-refractivity contribution is 5.95. The predicted octanol–water partition coefficient (Wildman–Crippen LogP) is 0.768. The number of hydrogen-bond acceptors (Lipinski definition) is 4. The third-order valence-corrected chi connectivity index (χ3v) is 1.82. The minimum Gasteiger partial charge on any atom is -0.474 e. The van der Waals surface area contributed by atoms with E-state index in [4.69, 9.17) is 9.94 Å². The SMILES string of the molecule is ONC1COC(c2ccccc2)=N1. The summed E-state index contributed by atoms with van der Waals surface area (Å²) in [4.78, 5) is 4.11. The number of ether oxygens (including phenoxy) is 1. The molecule has 0 aromatic heterocycles. The van der Waals surface area contributed by atoms with Crippen LogP contribution in [-0.4, -0.2) is 23.9 Å². The first-order valence-electron chi connectivity index (χ1n) is 4.06. The molecule has 0 bridgehead atoms. The van der Waals surface area contributed by atoms with Crippen molar-refractivity contribution in [2.45, 2.75) is 6.17 Å². The van der Waals surface area contributed by atoms with Crippen molar-refractivity contribution in [3.8, 4) is 0 Å². The lowest BCUT2D eigenvalue weighted by atomic mass is 10.2. The molecule has 0 aliphatic carbocycles. The smallest absolute Gasteiger partial charge is 0.217 e. The second kappa shape index (κ2) is 3.55. The van der Waals surface area contributed by atoms with Crippen LogP contribution in [0.5, 0.6) is 0 Å². The predicted molar refractivity (Wildman–Crippen MR) is 47.6 cm³/mol. The zero-order chi connectivity index (χ0) is 9.10. The fourth-order valence-corrected chi connectivity index (χ4v) is 1.18. The molecular weight excluding hydrogens is 168 g/mol. The van der Waals surface area contributed by atoms with Gasteiger partial charge < -0.3 is 9.94 Å². The van der Waals surface area contributed by atoms with Gasteiger partial charge >= 0.3 is 0 Å². The number of rotatable bonds is 2. The van der Waals surface area contributed by atoms with Gasteiger partial charge in [0.25, 0.3) is 0 Å². The van der Waals surface area contributed by atoms with Gasteiger partial charge in [-0.15, -0.1) is 0 Å². The molecule has 13 heavy (non-hydrogen) atoms. The molecule has 1 atom stereocenters. The maximum atomic E-state index is 8.59. The highest BCUT2D eigenvalue weighted by atomic mass is 16.5. The van der Waals surface area contributed by atoms with Crippen molar-refractivity contribution in [2.24, 2.45) is 4.99 Å². The first-order chi connectivity index (χ1) is 6.40. The van der Waals surface area contributed by atoms with Gasteiger partial charge in [0.15, 0.2) is 6.17 Å². The van der Waals surface area contributed by atoms with Gasteiger partial charge in [-0.1, -0.05) is 18.2 Å². The van der Waals surface area contributed by atoms with Gasteiger partial charge in [-0.2, -0.15) is 5.48 Å². The molecule has 1 aromatic rings. The molecule has 2 N–H and O–H groups in total. The maximum Gasteiger partial charge on any atom is 0.217 e. The van der Waals surface area contributed by atoms with Gasteiger partial charge in [-0.25, -0.2) is 4.99 Å². The Balaban J connectivity index is 2.19. The molecule has 2 rings (SSSR count). The van der Waals surface area contributed by atoms with E-state index in [1.54, 1.807) is 0 Å². The minimum absolute atomic E-state index is 0.338. The van der Waals surface area contributed by atoms with Crippen LogP contribution in [0.2, 0.25) is 0 Å². The lowest BCUT2D eigenvalue weighted by Gasteiger charge is -1.99. The molecule has 68 valence electrons. The quantitative estimate of drug-likeness (QED) is 0.657. The fourth-order valence-electron chi connectivity index (χ4n) is 1.18. The largest absolute Gasteiger partial charge is 0.474 e. The van der Waals surface area contributed by atoms with Crippen molar-refractivity contribution in [1.82, 2.24) is 5.48 Å². The van der Waals surface area contributed by atoms with Crippen LogP contribution in [0.15, 0.2) is 35.3 Å². The fraction of sp³-hybridized carbons (Fsp3) is 0.222. The van der Waals surface area contributed by atoms with E-state index in [1.807, 2.05) is 30.3 Å². The van der Waals surface area contributed by atoms with Gasteiger partial charge in [0.05, 0.1) is 0 Å². The van der Waals surface area contributed by atoms with E-state index in [0.717, 1.165) is 5.56 Å². The molecule has 4 heteroatoms. The van der Waals surface area contributed by atoms with Crippen LogP contribution in [0.4, 0.5) is 0 Å². The summed E-state index contributed by atoms with van der Waals surface area (Å²) in [6.07, 6.45) is -0.338. The number of aliphatic imine (C=N–C) groups is 1. The van der Waals surface area contributed by atoms with Crippen molar-refractivity contribution < 1.29 is 9.94 Å². The van der Waals surface area contributed by atoms with Gasteiger partial charge in [0, 0.05) is 5.56 Å². The Bertz CT molecular complexity index is 311. The van der Waals surface area contributed by atoms with Crippen molar-refractivity contribution in [1.29, 1.82) is 0 Å². The lowest BCUT2D eigenvalue weighted by molar-refractivity contribution is 0.113. The first kappa shape index (κ1) is 8.22. The van der Waals surface area contributed by atoms with Crippen molar-refractivity contribution in [2.75, 3.05) is 6.61 Å². The van der Waals surface area contributed by atoms with Crippen molar-refractivity contribution in [3.63, 3.8) is 0 Å². The summed E-state index contributed by atoms with van der Waals surface area (Å²) in [5.74, 6) is 0.576. The first-order valence-corrected chi connectivity index (χ1v) is 4.06. The molecule has 1 aliphatic rings. The zero-order valence-corrected chi connectivity index (χ0v) is 6.97. The third kappa shape index (κ3) is 1.68. The second-order valence-electron chi connectivity index (χ2n) is 2.76. The van der Waals surface area contributed by atoms with E-state index in [9.17, 15) is 0 Å². The summed E-state index contributed by atoms with van der Waals surface area (Å²) in [7, 11) is 0. The molecule has 1 aromatic carbocycles. The van der Waals surface area contributed by atoms with E-state index >= 15 is 0 Å². The molecule has 4 nitrogen and oxygen atoms in total. The Morgan fingerprint density at radius 3 is 2.77 bits per heavy atom. The van der Waals surface area contributed by atoms with Crippen LogP contribution in [0.1, 0.15) is 5.56 Å². The summed E-state index contributed by atoms with van der Waals surface area (Å²) in [5, 5.41) is 8.59. The average Bonchev–Trinajstić information content (AvgIpc) is 2.67. The zero-order valence-electron chi connectivity index (χ0n) is 6.97. The molecule has 0 fully saturated rings. The van der Waals surface area contributed by atoms with Crippen LogP contribution in [-0.2, 0) is 4.74 Å². The molecule has 0 saturated carbocycles. The van der Waals surface area contributed by atoms with Crippen LogP contribution < -0.4 is 5.48 Å². The summed E-state index contributed by atoms with van der Waals surface area (Å²) in [6, 6.07) is 9.60. The van der Waals surface area contributed by atoms with E-state index in [1.165, 1.54) is 0 Å². The van der Waals surface area contributed by atoms with Crippen LogP contribution in [0.25, 0.3) is 0 Å². The Morgan fingerprint density at radius 1 is 1.38 bits per heavy atom. The molecule has 0 amide bonds. The standard InChI is InChI=1S/C9H10N2O2/c12-11-8-6-13-9(10-8)7-4-2-1-3-5-7/h1-5,8,11-12H,6H2. The molecular formula is C9H10N2O2. The number of hydroxylamine groups is 1. The number of nitrogens with one attached hydrogen (secondary N) is 1. The Morgan fingerprint density at radius 2 is 2.15 bits per heavy atom. The third-order valence-electron chi connectivity index (χ3n) is 1.82. The van der Waals surface area contributed by atoms with Crippen LogP contribution >= 0.6 is 0 Å². The summed E-state index contributed by atoms with van der Waals surface area (Å²) < 4.78 is 5.27. The highest BCUT2D eigenvalue weighted by Crippen LogP contribution is 2.09. The monoisotopic (exact) mass is 178 g/mol. The van der Waals surface area contributed by atoms with Crippen LogP contribution in [0, 0.1) is 0 Å².